The first-order valence-electron chi connectivity index (χ1n) is 13.2. The van der Waals surface area contributed by atoms with Crippen molar-refractivity contribution in [3.8, 4) is 0 Å². The van der Waals surface area contributed by atoms with E-state index in [1.54, 1.807) is 0 Å². The Kier molecular flexibility index (Phi) is 7.54. The summed E-state index contributed by atoms with van der Waals surface area (Å²) in [6.07, 6.45) is 4.77. The zero-order chi connectivity index (χ0) is 27.0. The molecule has 2 aromatic carbocycles. The highest BCUT2D eigenvalue weighted by molar-refractivity contribution is 6.46. The van der Waals surface area contributed by atoms with Crippen LogP contribution in [0.2, 0.25) is 0 Å². The highest BCUT2D eigenvalue weighted by atomic mass is 19.1. The van der Waals surface area contributed by atoms with Crippen LogP contribution in [0.3, 0.4) is 0 Å². The molecular weight excluding hydrogens is 474 g/mol. The number of hydrogen-bond acceptors (Lipinski definition) is 3. The van der Waals surface area contributed by atoms with E-state index in [0.717, 1.165) is 36.5 Å². The van der Waals surface area contributed by atoms with Gasteiger partial charge in [-0.3, -0.25) is 14.6 Å². The molecule has 4 rings (SSSR count). The van der Waals surface area contributed by atoms with Crippen LogP contribution in [0.25, 0.3) is 0 Å². The summed E-state index contributed by atoms with van der Waals surface area (Å²) >= 11 is 0. The van der Waals surface area contributed by atoms with Gasteiger partial charge in [-0.05, 0) is 73.6 Å². The Morgan fingerprint density at radius 3 is 2.27 bits per heavy atom. The van der Waals surface area contributed by atoms with Crippen LogP contribution in [0.1, 0.15) is 89.0 Å². The quantitative estimate of drug-likeness (QED) is 0.430. The average molecular weight is 511 g/mol. The number of carbonyl (C=O) groups is 2. The SMILES string of the molecule is CCC(C)(C)C1CCC2(CC1)N=C(c1cc(F)cc(F)c1)C(=O)N2C(C)c1ccc(CCC(=O)O)cc1. The molecule has 1 aliphatic heterocycles. The Morgan fingerprint density at radius 2 is 1.73 bits per heavy atom. The second kappa shape index (κ2) is 10.3. The third kappa shape index (κ3) is 5.46. The lowest BCUT2D eigenvalue weighted by molar-refractivity contribution is -0.137. The van der Waals surface area contributed by atoms with Crippen molar-refractivity contribution >= 4 is 17.6 Å². The van der Waals surface area contributed by atoms with Crippen molar-refractivity contribution in [2.24, 2.45) is 16.3 Å². The Morgan fingerprint density at radius 1 is 1.14 bits per heavy atom. The van der Waals surface area contributed by atoms with Crippen LogP contribution in [0.4, 0.5) is 8.78 Å². The topological polar surface area (TPSA) is 70.0 Å². The van der Waals surface area contributed by atoms with Crippen LogP contribution in [0.15, 0.2) is 47.5 Å². The summed E-state index contributed by atoms with van der Waals surface area (Å²) in [6.45, 7) is 8.73. The fourth-order valence-corrected chi connectivity index (χ4v) is 5.89. The lowest BCUT2D eigenvalue weighted by Gasteiger charge is -2.47. The lowest BCUT2D eigenvalue weighted by Crippen LogP contribution is -2.51. The van der Waals surface area contributed by atoms with Crippen molar-refractivity contribution < 1.29 is 23.5 Å². The standard InChI is InChI=1S/C30H36F2N2O3/c1-5-29(3,4)23-12-14-30(15-13-23)33-27(22-16-24(31)18-25(32)17-22)28(37)34(30)19(2)21-9-6-20(7-10-21)8-11-26(35)36/h6-7,9-10,16-19,23H,5,8,11-15H2,1-4H3,(H,35,36). The maximum absolute atomic E-state index is 14.1. The van der Waals surface area contributed by atoms with Gasteiger partial charge in [0.1, 0.15) is 23.0 Å². The summed E-state index contributed by atoms with van der Waals surface area (Å²) in [5, 5.41) is 8.96. The first kappa shape index (κ1) is 27.0. The first-order valence-corrected chi connectivity index (χ1v) is 13.2. The van der Waals surface area contributed by atoms with Gasteiger partial charge in [-0.1, -0.05) is 51.5 Å². The number of hydrogen-bond donors (Lipinski definition) is 1. The van der Waals surface area contributed by atoms with Crippen LogP contribution in [0, 0.1) is 23.0 Å². The maximum atomic E-state index is 14.1. The molecule has 1 heterocycles. The molecule has 0 bridgehead atoms. The number of aliphatic carboxylic acids is 1. The molecule has 1 spiro atoms. The molecule has 7 heteroatoms. The number of aryl methyl sites for hydroxylation is 1. The van der Waals surface area contributed by atoms with E-state index in [9.17, 15) is 18.4 Å². The van der Waals surface area contributed by atoms with Crippen molar-refractivity contribution in [1.29, 1.82) is 0 Å². The summed E-state index contributed by atoms with van der Waals surface area (Å²) < 4.78 is 28.2. The van der Waals surface area contributed by atoms with Gasteiger partial charge in [0, 0.05) is 18.1 Å². The Bertz CT molecular complexity index is 1180. The predicted octanol–water partition coefficient (Wildman–Crippen LogP) is 6.70. The van der Waals surface area contributed by atoms with Gasteiger partial charge in [0.2, 0.25) is 0 Å². The van der Waals surface area contributed by atoms with Crippen molar-refractivity contribution in [2.75, 3.05) is 0 Å². The van der Waals surface area contributed by atoms with Crippen molar-refractivity contribution in [1.82, 2.24) is 4.90 Å². The van der Waals surface area contributed by atoms with Crippen LogP contribution in [-0.4, -0.2) is 33.3 Å². The maximum Gasteiger partial charge on any atom is 0.303 e. The number of nitrogens with zero attached hydrogens (tertiary/aromatic N) is 2. The van der Waals surface area contributed by atoms with Crippen molar-refractivity contribution in [3.63, 3.8) is 0 Å². The van der Waals surface area contributed by atoms with Gasteiger partial charge in [0.05, 0.1) is 6.04 Å². The van der Waals surface area contributed by atoms with Gasteiger partial charge < -0.3 is 10.0 Å². The third-order valence-corrected chi connectivity index (χ3v) is 8.61. The minimum atomic E-state index is -0.845. The number of benzene rings is 2. The molecule has 1 amide bonds. The zero-order valence-electron chi connectivity index (χ0n) is 22.1. The van der Waals surface area contributed by atoms with Crippen LogP contribution in [0.5, 0.6) is 0 Å². The molecular formula is C30H36F2N2O3. The largest absolute Gasteiger partial charge is 0.481 e. The highest BCUT2D eigenvalue weighted by Crippen LogP contribution is 2.50. The number of rotatable bonds is 8. The normalized spacial score (nSPS) is 22.9. The van der Waals surface area contributed by atoms with E-state index >= 15 is 0 Å². The zero-order valence-corrected chi connectivity index (χ0v) is 22.1. The minimum Gasteiger partial charge on any atom is -0.481 e. The molecule has 1 N–H and O–H groups in total. The number of carboxylic acids is 1. The molecule has 2 aromatic rings. The number of carboxylic acid groups (broad SMARTS) is 1. The van der Waals surface area contributed by atoms with Gasteiger partial charge in [0.25, 0.3) is 5.91 Å². The van der Waals surface area contributed by atoms with Gasteiger partial charge in [-0.15, -0.1) is 0 Å². The molecule has 1 atom stereocenters. The minimum absolute atomic E-state index is 0.0549. The molecule has 2 aliphatic rings. The molecule has 0 radical (unpaired) electrons. The van der Waals surface area contributed by atoms with Crippen molar-refractivity contribution in [3.05, 3.63) is 70.8 Å². The fourth-order valence-electron chi connectivity index (χ4n) is 5.89. The fraction of sp³-hybridized carbons (Fsp3) is 0.500. The Labute approximate surface area is 217 Å². The summed E-state index contributed by atoms with van der Waals surface area (Å²) in [4.78, 5) is 31.6. The molecule has 1 unspecified atom stereocenters. The molecule has 0 aromatic heterocycles. The molecule has 1 aliphatic carbocycles. The smallest absolute Gasteiger partial charge is 0.303 e. The predicted molar refractivity (Wildman–Crippen MR) is 139 cm³/mol. The summed E-state index contributed by atoms with van der Waals surface area (Å²) in [6, 6.07) is 10.5. The van der Waals surface area contributed by atoms with E-state index in [1.807, 2.05) is 36.1 Å². The second-order valence-corrected chi connectivity index (χ2v) is 11.2. The van der Waals surface area contributed by atoms with E-state index in [2.05, 4.69) is 20.8 Å². The Balaban J connectivity index is 1.68. The molecule has 198 valence electrons. The van der Waals surface area contributed by atoms with E-state index in [1.165, 1.54) is 12.1 Å². The molecule has 1 fully saturated rings. The van der Waals surface area contributed by atoms with Crippen molar-refractivity contribution in [2.45, 2.75) is 84.3 Å². The van der Waals surface area contributed by atoms with Crippen LogP contribution < -0.4 is 0 Å². The summed E-state index contributed by atoms with van der Waals surface area (Å²) in [5.41, 5.74) is 1.51. The first-order chi connectivity index (χ1) is 17.5. The van der Waals surface area contributed by atoms with Gasteiger partial charge in [0.15, 0.2) is 0 Å². The summed E-state index contributed by atoms with van der Waals surface area (Å²) in [5.74, 6) is -2.13. The third-order valence-electron chi connectivity index (χ3n) is 8.61. The van der Waals surface area contributed by atoms with Gasteiger partial charge in [-0.25, -0.2) is 8.78 Å². The van der Waals surface area contributed by atoms with Gasteiger partial charge in [-0.2, -0.15) is 0 Å². The van der Waals surface area contributed by atoms with Crippen LogP contribution >= 0.6 is 0 Å². The monoisotopic (exact) mass is 510 g/mol. The van der Waals surface area contributed by atoms with Gasteiger partial charge >= 0.3 is 5.97 Å². The molecule has 1 saturated carbocycles. The van der Waals surface area contributed by atoms with E-state index in [4.69, 9.17) is 10.1 Å². The molecule has 0 saturated heterocycles. The lowest BCUT2D eigenvalue weighted by atomic mass is 9.67. The molecule has 5 nitrogen and oxygen atoms in total. The van der Waals surface area contributed by atoms with E-state index in [-0.39, 0.29) is 35.1 Å². The average Bonchev–Trinajstić information content (AvgIpc) is 3.13. The number of halogens is 2. The summed E-state index contributed by atoms with van der Waals surface area (Å²) in [7, 11) is 0. The van der Waals surface area contributed by atoms with Crippen LogP contribution in [-0.2, 0) is 16.0 Å². The highest BCUT2D eigenvalue weighted by Gasteiger charge is 2.52. The van der Waals surface area contributed by atoms with E-state index in [0.29, 0.717) is 25.2 Å². The number of amides is 1. The number of carbonyl (C=O) groups excluding carboxylic acids is 1. The Hall–Kier alpha value is -3.09. The number of aliphatic imine (C=N–C) groups is 1. The van der Waals surface area contributed by atoms with E-state index < -0.39 is 23.3 Å². The molecule has 37 heavy (non-hydrogen) atoms. The second-order valence-electron chi connectivity index (χ2n) is 11.2.